The van der Waals surface area contributed by atoms with E-state index < -0.39 is 0 Å². The summed E-state index contributed by atoms with van der Waals surface area (Å²) in [4.78, 5) is 2.42. The number of aliphatic hydroxyl groups excluding tert-OH is 1. The second-order valence-electron chi connectivity index (χ2n) is 5.99. The lowest BCUT2D eigenvalue weighted by Gasteiger charge is -2.35. The molecule has 3 nitrogen and oxygen atoms in total. The van der Waals surface area contributed by atoms with E-state index in [1.54, 1.807) is 0 Å². The van der Waals surface area contributed by atoms with Gasteiger partial charge >= 0.3 is 0 Å². The average Bonchev–Trinajstić information content (AvgIpc) is 2.91. The van der Waals surface area contributed by atoms with Gasteiger partial charge in [-0.1, -0.05) is 24.3 Å². The van der Waals surface area contributed by atoms with Gasteiger partial charge in [0.1, 0.15) is 0 Å². The number of fused-ring (bicyclic) bond motifs is 1. The van der Waals surface area contributed by atoms with Crippen molar-refractivity contribution in [3.63, 3.8) is 0 Å². The molecule has 0 spiro atoms. The smallest absolute Gasteiger partial charge is 0.0558 e. The minimum Gasteiger partial charge on any atom is -0.395 e. The molecule has 0 bridgehead atoms. The topological polar surface area (TPSA) is 28.4 Å². The lowest BCUT2D eigenvalue weighted by molar-refractivity contribution is 0.131. The van der Waals surface area contributed by atoms with Crippen molar-refractivity contribution in [3.05, 3.63) is 59.4 Å². The van der Waals surface area contributed by atoms with E-state index in [1.165, 1.54) is 36.0 Å². The molecule has 0 aliphatic heterocycles. The Morgan fingerprint density at radius 3 is 2.90 bits per heavy atom. The van der Waals surface area contributed by atoms with Crippen molar-refractivity contribution < 1.29 is 5.11 Å². The summed E-state index contributed by atoms with van der Waals surface area (Å²) in [7, 11) is 2.05. The van der Waals surface area contributed by atoms with Crippen LogP contribution in [0.15, 0.2) is 42.7 Å². The SMILES string of the molecule is Cn1ccc(CN(CCO)C2CCCc3ccccc32)c1. The second kappa shape index (κ2) is 6.46. The van der Waals surface area contributed by atoms with E-state index in [0.29, 0.717) is 6.04 Å². The van der Waals surface area contributed by atoms with Crippen LogP contribution in [0.3, 0.4) is 0 Å². The van der Waals surface area contributed by atoms with E-state index in [2.05, 4.69) is 59.2 Å². The highest BCUT2D eigenvalue weighted by atomic mass is 16.3. The first-order valence-electron chi connectivity index (χ1n) is 7.81. The maximum Gasteiger partial charge on any atom is 0.0558 e. The van der Waals surface area contributed by atoms with Gasteiger partial charge in [0.2, 0.25) is 0 Å². The largest absolute Gasteiger partial charge is 0.395 e. The molecule has 0 amide bonds. The fourth-order valence-corrected chi connectivity index (χ4v) is 3.47. The molecule has 0 saturated heterocycles. The maximum absolute atomic E-state index is 9.45. The summed E-state index contributed by atoms with van der Waals surface area (Å²) < 4.78 is 2.08. The predicted octanol–water partition coefficient (Wildman–Crippen LogP) is 2.90. The molecule has 1 aliphatic rings. The van der Waals surface area contributed by atoms with E-state index in [4.69, 9.17) is 0 Å². The van der Waals surface area contributed by atoms with Gasteiger partial charge in [0.05, 0.1) is 6.61 Å². The molecule has 3 heteroatoms. The molecule has 1 heterocycles. The van der Waals surface area contributed by atoms with Crippen molar-refractivity contribution in [2.24, 2.45) is 7.05 Å². The predicted molar refractivity (Wildman–Crippen MR) is 85.0 cm³/mol. The highest BCUT2D eigenvalue weighted by molar-refractivity contribution is 5.32. The summed E-state index contributed by atoms with van der Waals surface area (Å²) in [6, 6.07) is 11.4. The van der Waals surface area contributed by atoms with Crippen LogP contribution in [-0.4, -0.2) is 27.7 Å². The molecule has 0 fully saturated rings. The number of hydrogen-bond donors (Lipinski definition) is 1. The number of benzene rings is 1. The molecule has 1 aromatic carbocycles. The molecule has 1 aliphatic carbocycles. The highest BCUT2D eigenvalue weighted by Crippen LogP contribution is 2.34. The molecule has 112 valence electrons. The molecule has 1 N–H and O–H groups in total. The van der Waals surface area contributed by atoms with Crippen molar-refractivity contribution in [3.8, 4) is 0 Å². The van der Waals surface area contributed by atoms with Crippen LogP contribution >= 0.6 is 0 Å². The Hall–Kier alpha value is -1.58. The standard InChI is InChI=1S/C18H24N2O/c1-19-10-9-15(13-19)14-20(11-12-21)18-8-4-6-16-5-2-3-7-17(16)18/h2-3,5,7,9-10,13,18,21H,4,6,8,11-12,14H2,1H3. The number of nitrogens with zero attached hydrogens (tertiary/aromatic N) is 2. The van der Waals surface area contributed by atoms with Crippen LogP contribution in [0.25, 0.3) is 0 Å². The zero-order chi connectivity index (χ0) is 14.7. The highest BCUT2D eigenvalue weighted by Gasteiger charge is 2.25. The monoisotopic (exact) mass is 284 g/mol. The van der Waals surface area contributed by atoms with Crippen LogP contribution in [0.2, 0.25) is 0 Å². The third-order valence-corrected chi connectivity index (χ3v) is 4.44. The molecule has 2 aromatic rings. The minimum absolute atomic E-state index is 0.214. The number of rotatable bonds is 5. The fraction of sp³-hybridized carbons (Fsp3) is 0.444. The third-order valence-electron chi connectivity index (χ3n) is 4.44. The molecule has 0 radical (unpaired) electrons. The van der Waals surface area contributed by atoms with Gasteiger partial charge in [0.25, 0.3) is 0 Å². The van der Waals surface area contributed by atoms with Crippen molar-refractivity contribution >= 4 is 0 Å². The molecular weight excluding hydrogens is 260 g/mol. The lowest BCUT2D eigenvalue weighted by atomic mass is 9.86. The molecule has 1 unspecified atom stereocenters. The fourth-order valence-electron chi connectivity index (χ4n) is 3.47. The number of aliphatic hydroxyl groups is 1. The minimum atomic E-state index is 0.214. The van der Waals surface area contributed by atoms with Crippen LogP contribution in [0, 0.1) is 0 Å². The van der Waals surface area contributed by atoms with Crippen LogP contribution < -0.4 is 0 Å². The van der Waals surface area contributed by atoms with Gasteiger partial charge in [-0.2, -0.15) is 0 Å². The van der Waals surface area contributed by atoms with E-state index in [9.17, 15) is 5.11 Å². The number of aromatic nitrogens is 1. The van der Waals surface area contributed by atoms with Gasteiger partial charge in [-0.3, -0.25) is 4.90 Å². The third kappa shape index (κ3) is 3.20. The Labute approximate surface area is 126 Å². The Morgan fingerprint density at radius 1 is 1.29 bits per heavy atom. The summed E-state index contributed by atoms with van der Waals surface area (Å²) in [6.07, 6.45) is 7.85. The quantitative estimate of drug-likeness (QED) is 0.914. The van der Waals surface area contributed by atoms with E-state index in [0.717, 1.165) is 13.1 Å². The first kappa shape index (κ1) is 14.4. The number of hydrogen-bond acceptors (Lipinski definition) is 2. The summed E-state index contributed by atoms with van der Waals surface area (Å²) >= 11 is 0. The van der Waals surface area contributed by atoms with E-state index >= 15 is 0 Å². The lowest BCUT2D eigenvalue weighted by Crippen LogP contribution is -2.33. The van der Waals surface area contributed by atoms with Gasteiger partial charge in [-0.25, -0.2) is 0 Å². The molecule has 1 aromatic heterocycles. The first-order chi connectivity index (χ1) is 10.3. The Bertz CT molecular complexity index is 590. The van der Waals surface area contributed by atoms with Gasteiger partial charge < -0.3 is 9.67 Å². The van der Waals surface area contributed by atoms with Gasteiger partial charge in [0.15, 0.2) is 0 Å². The van der Waals surface area contributed by atoms with Crippen molar-refractivity contribution in [2.75, 3.05) is 13.2 Å². The molecular formula is C18H24N2O. The van der Waals surface area contributed by atoms with Crippen molar-refractivity contribution in [2.45, 2.75) is 31.8 Å². The maximum atomic E-state index is 9.45. The zero-order valence-electron chi connectivity index (χ0n) is 12.7. The second-order valence-corrected chi connectivity index (χ2v) is 5.99. The van der Waals surface area contributed by atoms with Crippen LogP contribution in [-0.2, 0) is 20.0 Å². The molecule has 21 heavy (non-hydrogen) atoms. The van der Waals surface area contributed by atoms with Crippen molar-refractivity contribution in [1.82, 2.24) is 9.47 Å². The summed E-state index contributed by atoms with van der Waals surface area (Å²) in [6.45, 7) is 1.85. The average molecular weight is 284 g/mol. The van der Waals surface area contributed by atoms with Crippen molar-refractivity contribution in [1.29, 1.82) is 0 Å². The van der Waals surface area contributed by atoms with E-state index in [1.807, 2.05) is 0 Å². The zero-order valence-corrected chi connectivity index (χ0v) is 12.7. The van der Waals surface area contributed by atoms with Gasteiger partial charge in [-0.15, -0.1) is 0 Å². The molecule has 3 rings (SSSR count). The summed E-state index contributed by atoms with van der Waals surface area (Å²) in [5.74, 6) is 0. The first-order valence-corrected chi connectivity index (χ1v) is 7.81. The van der Waals surface area contributed by atoms with Crippen LogP contribution in [0.5, 0.6) is 0 Å². The van der Waals surface area contributed by atoms with Gasteiger partial charge in [-0.05, 0) is 42.0 Å². The van der Waals surface area contributed by atoms with E-state index in [-0.39, 0.29) is 6.61 Å². The van der Waals surface area contributed by atoms with Crippen LogP contribution in [0.4, 0.5) is 0 Å². The Kier molecular flexibility index (Phi) is 4.42. The summed E-state index contributed by atoms with van der Waals surface area (Å²) in [5, 5.41) is 9.45. The molecule has 1 atom stereocenters. The Balaban J connectivity index is 1.84. The molecule has 0 saturated carbocycles. The van der Waals surface area contributed by atoms with Gasteiger partial charge in [0, 0.05) is 38.6 Å². The van der Waals surface area contributed by atoms with Crippen LogP contribution in [0.1, 0.15) is 35.6 Å². The number of aryl methyl sites for hydroxylation is 2. The normalized spacial score (nSPS) is 18.0. The Morgan fingerprint density at radius 2 is 2.14 bits per heavy atom. The summed E-state index contributed by atoms with van der Waals surface area (Å²) in [5.41, 5.74) is 4.24.